The molecule has 0 aromatic carbocycles. The molecule has 0 spiro atoms. The number of nitrogen functional groups attached to an aromatic ring is 1. The van der Waals surface area contributed by atoms with E-state index in [1.54, 1.807) is 0 Å². The third kappa shape index (κ3) is 4.37. The van der Waals surface area contributed by atoms with Crippen LogP contribution < -0.4 is 11.3 Å². The second kappa shape index (κ2) is 7.31. The summed E-state index contributed by atoms with van der Waals surface area (Å²) in [7, 11) is 0. The van der Waals surface area contributed by atoms with Crippen LogP contribution in [0.4, 0.5) is 14.6 Å². The standard InChI is InChI=1S/C10H13BrF2N4O2/c11-6-3-7(9(16-14)15-4-6)10(19)17(1-2-18)5-8(12)13/h3-4,8,18H,1-2,5,14H2,(H,15,16). The van der Waals surface area contributed by atoms with Crippen molar-refractivity contribution in [3.63, 3.8) is 0 Å². The fourth-order valence-corrected chi connectivity index (χ4v) is 1.78. The monoisotopic (exact) mass is 338 g/mol. The quantitative estimate of drug-likeness (QED) is 0.528. The van der Waals surface area contributed by atoms with E-state index in [2.05, 4.69) is 26.3 Å². The molecule has 0 saturated heterocycles. The maximum atomic E-state index is 12.4. The molecule has 0 unspecified atom stereocenters. The van der Waals surface area contributed by atoms with Crippen LogP contribution in [0.1, 0.15) is 10.4 Å². The SMILES string of the molecule is NNc1ncc(Br)cc1C(=O)N(CCO)CC(F)F. The van der Waals surface area contributed by atoms with Crippen molar-refractivity contribution < 1.29 is 18.7 Å². The summed E-state index contributed by atoms with van der Waals surface area (Å²) in [6, 6.07) is 1.42. The summed E-state index contributed by atoms with van der Waals surface area (Å²) in [5.41, 5.74) is 2.27. The molecule has 0 bridgehead atoms. The first-order valence-electron chi connectivity index (χ1n) is 5.30. The second-order valence-electron chi connectivity index (χ2n) is 3.56. The number of hydrazine groups is 1. The molecule has 0 fully saturated rings. The number of nitrogens with zero attached hydrogens (tertiary/aromatic N) is 2. The average Bonchev–Trinajstić information content (AvgIpc) is 2.37. The molecular weight excluding hydrogens is 326 g/mol. The summed E-state index contributed by atoms with van der Waals surface area (Å²) in [6.07, 6.45) is -1.28. The maximum absolute atomic E-state index is 12.4. The Hall–Kier alpha value is -1.32. The van der Waals surface area contributed by atoms with Crippen LogP contribution in [0.2, 0.25) is 0 Å². The molecule has 0 radical (unpaired) electrons. The topological polar surface area (TPSA) is 91.5 Å². The lowest BCUT2D eigenvalue weighted by molar-refractivity contribution is 0.0509. The smallest absolute Gasteiger partial charge is 0.257 e. The molecule has 19 heavy (non-hydrogen) atoms. The number of rotatable bonds is 6. The van der Waals surface area contributed by atoms with Gasteiger partial charge in [-0.1, -0.05) is 0 Å². The van der Waals surface area contributed by atoms with E-state index in [1.807, 2.05) is 0 Å². The van der Waals surface area contributed by atoms with Crippen molar-refractivity contribution in [2.24, 2.45) is 5.84 Å². The molecule has 1 amide bonds. The van der Waals surface area contributed by atoms with Crippen LogP contribution in [0.5, 0.6) is 0 Å². The van der Waals surface area contributed by atoms with Crippen molar-refractivity contribution in [2.45, 2.75) is 6.43 Å². The molecule has 1 heterocycles. The number of nitrogens with one attached hydrogen (secondary N) is 1. The van der Waals surface area contributed by atoms with Crippen molar-refractivity contribution >= 4 is 27.7 Å². The lowest BCUT2D eigenvalue weighted by atomic mass is 10.2. The van der Waals surface area contributed by atoms with Gasteiger partial charge in [-0.25, -0.2) is 19.6 Å². The van der Waals surface area contributed by atoms with Crippen molar-refractivity contribution in [3.8, 4) is 0 Å². The summed E-state index contributed by atoms with van der Waals surface area (Å²) in [5.74, 6) is 4.61. The minimum absolute atomic E-state index is 0.0472. The second-order valence-corrected chi connectivity index (χ2v) is 4.48. The summed E-state index contributed by atoms with van der Waals surface area (Å²) >= 11 is 3.13. The number of nitrogens with two attached hydrogens (primary N) is 1. The van der Waals surface area contributed by atoms with E-state index in [1.165, 1.54) is 12.3 Å². The van der Waals surface area contributed by atoms with Crippen LogP contribution in [0.15, 0.2) is 16.7 Å². The molecule has 6 nitrogen and oxygen atoms in total. The Kier molecular flexibility index (Phi) is 6.06. The molecule has 1 rings (SSSR count). The zero-order valence-electron chi connectivity index (χ0n) is 9.81. The lowest BCUT2D eigenvalue weighted by Gasteiger charge is -2.22. The third-order valence-corrected chi connectivity index (χ3v) is 2.67. The Morgan fingerprint density at radius 2 is 2.32 bits per heavy atom. The summed E-state index contributed by atoms with van der Waals surface area (Å²) < 4.78 is 25.3. The molecule has 106 valence electrons. The molecule has 4 N–H and O–H groups in total. The average molecular weight is 339 g/mol. The highest BCUT2D eigenvalue weighted by Crippen LogP contribution is 2.19. The first-order chi connectivity index (χ1) is 8.99. The van der Waals surface area contributed by atoms with Crippen LogP contribution in [0.25, 0.3) is 0 Å². The van der Waals surface area contributed by atoms with Gasteiger partial charge in [0.1, 0.15) is 0 Å². The van der Waals surface area contributed by atoms with Crippen molar-refractivity contribution in [3.05, 3.63) is 22.3 Å². The molecule has 0 aliphatic heterocycles. The fourth-order valence-electron chi connectivity index (χ4n) is 1.45. The van der Waals surface area contributed by atoms with Gasteiger partial charge in [0.15, 0.2) is 5.82 Å². The highest BCUT2D eigenvalue weighted by molar-refractivity contribution is 9.10. The van der Waals surface area contributed by atoms with Gasteiger partial charge >= 0.3 is 0 Å². The zero-order chi connectivity index (χ0) is 14.4. The van der Waals surface area contributed by atoms with E-state index < -0.39 is 25.5 Å². The molecule has 1 aromatic rings. The van der Waals surface area contributed by atoms with Gasteiger partial charge < -0.3 is 15.4 Å². The van der Waals surface area contributed by atoms with Gasteiger partial charge in [0.25, 0.3) is 12.3 Å². The molecule has 0 atom stereocenters. The van der Waals surface area contributed by atoms with Gasteiger partial charge in [0, 0.05) is 17.2 Å². The number of carbonyl (C=O) groups excluding carboxylic acids is 1. The Balaban J connectivity index is 3.04. The highest BCUT2D eigenvalue weighted by Gasteiger charge is 2.22. The maximum Gasteiger partial charge on any atom is 0.257 e. The van der Waals surface area contributed by atoms with E-state index in [0.29, 0.717) is 4.47 Å². The number of hydrogen-bond acceptors (Lipinski definition) is 5. The van der Waals surface area contributed by atoms with Crippen LogP contribution in [0, 0.1) is 0 Å². The largest absolute Gasteiger partial charge is 0.395 e. The van der Waals surface area contributed by atoms with Crippen molar-refractivity contribution in [1.82, 2.24) is 9.88 Å². The Labute approximate surface area is 116 Å². The van der Waals surface area contributed by atoms with Gasteiger partial charge in [0.05, 0.1) is 18.7 Å². The van der Waals surface area contributed by atoms with Gasteiger partial charge in [-0.15, -0.1) is 0 Å². The Morgan fingerprint density at radius 1 is 1.63 bits per heavy atom. The van der Waals surface area contributed by atoms with E-state index in [9.17, 15) is 13.6 Å². The van der Waals surface area contributed by atoms with Gasteiger partial charge in [-0.3, -0.25) is 4.79 Å². The number of aliphatic hydroxyl groups is 1. The lowest BCUT2D eigenvalue weighted by Crippen LogP contribution is -2.37. The van der Waals surface area contributed by atoms with Gasteiger partial charge in [-0.2, -0.15) is 0 Å². The number of anilines is 1. The van der Waals surface area contributed by atoms with E-state index >= 15 is 0 Å². The third-order valence-electron chi connectivity index (χ3n) is 2.24. The van der Waals surface area contributed by atoms with Crippen molar-refractivity contribution in [2.75, 3.05) is 25.1 Å². The highest BCUT2D eigenvalue weighted by atomic mass is 79.9. The number of aliphatic hydroxyl groups excluding tert-OH is 1. The Morgan fingerprint density at radius 3 is 2.84 bits per heavy atom. The van der Waals surface area contributed by atoms with E-state index in [0.717, 1.165) is 4.90 Å². The Bertz CT molecular complexity index is 448. The van der Waals surface area contributed by atoms with Crippen LogP contribution in [-0.4, -0.2) is 47.0 Å². The summed E-state index contributed by atoms with van der Waals surface area (Å²) in [6.45, 7) is -1.37. The molecule has 0 saturated carbocycles. The molecule has 9 heteroatoms. The van der Waals surface area contributed by atoms with Gasteiger partial charge in [-0.05, 0) is 22.0 Å². The molecular formula is C10H13BrF2N4O2. The van der Waals surface area contributed by atoms with Crippen LogP contribution in [0.3, 0.4) is 0 Å². The minimum atomic E-state index is -2.69. The number of hydrogen-bond donors (Lipinski definition) is 3. The normalized spacial score (nSPS) is 10.6. The van der Waals surface area contributed by atoms with Crippen LogP contribution >= 0.6 is 15.9 Å². The summed E-state index contributed by atoms with van der Waals surface area (Å²) in [5, 5.41) is 8.82. The van der Waals surface area contributed by atoms with Gasteiger partial charge in [0.2, 0.25) is 0 Å². The number of aromatic nitrogens is 1. The summed E-state index contributed by atoms with van der Waals surface area (Å²) in [4.78, 5) is 16.8. The first-order valence-corrected chi connectivity index (χ1v) is 6.09. The van der Waals surface area contributed by atoms with Crippen LogP contribution in [-0.2, 0) is 0 Å². The number of pyridine rings is 1. The predicted octanol–water partition coefficient (Wildman–Crippen LogP) is 0.829. The molecule has 0 aliphatic rings. The number of halogens is 3. The minimum Gasteiger partial charge on any atom is -0.395 e. The van der Waals surface area contributed by atoms with E-state index in [-0.39, 0.29) is 17.9 Å². The fraction of sp³-hybridized carbons (Fsp3) is 0.400. The number of carbonyl (C=O) groups is 1. The zero-order valence-corrected chi connectivity index (χ0v) is 11.4. The van der Waals surface area contributed by atoms with E-state index in [4.69, 9.17) is 10.9 Å². The molecule has 0 aliphatic carbocycles. The first kappa shape index (κ1) is 15.7. The number of amides is 1. The van der Waals surface area contributed by atoms with Crippen molar-refractivity contribution in [1.29, 1.82) is 0 Å². The molecule has 1 aromatic heterocycles. The number of alkyl halides is 2. The predicted molar refractivity (Wildman–Crippen MR) is 68.7 cm³/mol.